The van der Waals surface area contributed by atoms with Crippen molar-refractivity contribution in [2.24, 2.45) is 5.73 Å². The van der Waals surface area contributed by atoms with Gasteiger partial charge in [-0.3, -0.25) is 0 Å². The average molecular weight is 223 g/mol. The van der Waals surface area contributed by atoms with E-state index < -0.39 is 0 Å². The van der Waals surface area contributed by atoms with Crippen molar-refractivity contribution in [2.75, 3.05) is 6.54 Å². The molecule has 1 aromatic rings. The summed E-state index contributed by atoms with van der Waals surface area (Å²) in [6.07, 6.45) is 1.20. The molecule has 84 valence electrons. The molecule has 15 heavy (non-hydrogen) atoms. The van der Waals surface area contributed by atoms with Crippen LogP contribution in [0, 0.1) is 6.92 Å². The molecule has 0 spiro atoms. The minimum absolute atomic E-state index is 0.445. The first-order valence-corrected chi connectivity index (χ1v) is 6.53. The highest BCUT2D eigenvalue weighted by Crippen LogP contribution is 2.32. The summed E-state index contributed by atoms with van der Waals surface area (Å²) in [6, 6.07) is 8.72. The second-order valence-corrected chi connectivity index (χ2v) is 5.64. The molecule has 2 N–H and O–H groups in total. The van der Waals surface area contributed by atoms with Gasteiger partial charge in [-0.1, -0.05) is 43.7 Å². The molecule has 0 aliphatic carbocycles. The average Bonchev–Trinajstić information content (AvgIpc) is 2.27. The van der Waals surface area contributed by atoms with Gasteiger partial charge in [0.05, 0.1) is 0 Å². The van der Waals surface area contributed by atoms with E-state index in [1.807, 2.05) is 11.8 Å². The molecule has 1 nitrogen and oxygen atoms in total. The summed E-state index contributed by atoms with van der Waals surface area (Å²) in [5.74, 6) is 0. The van der Waals surface area contributed by atoms with E-state index in [0.717, 1.165) is 6.54 Å². The monoisotopic (exact) mass is 223 g/mol. The van der Waals surface area contributed by atoms with Crippen LogP contribution < -0.4 is 5.73 Å². The number of aryl methyl sites for hydroxylation is 1. The summed E-state index contributed by atoms with van der Waals surface area (Å²) in [6.45, 7) is 7.32. The lowest BCUT2D eigenvalue weighted by Crippen LogP contribution is -2.12. The lowest BCUT2D eigenvalue weighted by Gasteiger charge is -2.18. The van der Waals surface area contributed by atoms with Crippen LogP contribution in [0.5, 0.6) is 0 Å². The van der Waals surface area contributed by atoms with Crippen molar-refractivity contribution in [3.05, 3.63) is 35.4 Å². The highest BCUT2D eigenvalue weighted by atomic mass is 32.2. The largest absolute Gasteiger partial charge is 0.329 e. The Morgan fingerprint density at radius 2 is 1.87 bits per heavy atom. The van der Waals surface area contributed by atoms with Crippen LogP contribution in [0.2, 0.25) is 0 Å². The van der Waals surface area contributed by atoms with Crippen LogP contribution >= 0.6 is 11.8 Å². The van der Waals surface area contributed by atoms with Crippen molar-refractivity contribution in [1.82, 2.24) is 0 Å². The van der Waals surface area contributed by atoms with Gasteiger partial charge in [0.2, 0.25) is 0 Å². The SMILES string of the molecule is CCC(C)SC(CN)c1ccc(C)cc1. The lowest BCUT2D eigenvalue weighted by atomic mass is 10.1. The topological polar surface area (TPSA) is 26.0 Å². The van der Waals surface area contributed by atoms with Crippen LogP contribution in [-0.2, 0) is 0 Å². The first-order chi connectivity index (χ1) is 7.17. The zero-order valence-electron chi connectivity index (χ0n) is 9.86. The summed E-state index contributed by atoms with van der Waals surface area (Å²) < 4.78 is 0. The normalized spacial score (nSPS) is 14.9. The minimum Gasteiger partial charge on any atom is -0.329 e. The molecule has 1 aromatic carbocycles. The van der Waals surface area contributed by atoms with Gasteiger partial charge in [0.1, 0.15) is 0 Å². The summed E-state index contributed by atoms with van der Waals surface area (Å²) in [5.41, 5.74) is 8.49. The molecule has 2 heteroatoms. The third-order valence-corrected chi connectivity index (χ3v) is 4.23. The molecule has 2 atom stereocenters. The predicted octanol–water partition coefficient (Wildman–Crippen LogP) is 3.53. The van der Waals surface area contributed by atoms with E-state index >= 15 is 0 Å². The molecular weight excluding hydrogens is 202 g/mol. The number of hydrogen-bond donors (Lipinski definition) is 1. The molecule has 0 heterocycles. The minimum atomic E-state index is 0.445. The van der Waals surface area contributed by atoms with Crippen molar-refractivity contribution in [1.29, 1.82) is 0 Å². The number of rotatable bonds is 5. The standard InChI is InChI=1S/C13H21NS/c1-4-11(3)15-13(9-14)12-7-5-10(2)6-8-12/h5-8,11,13H,4,9,14H2,1-3H3. The molecule has 0 amide bonds. The van der Waals surface area contributed by atoms with Gasteiger partial charge in [-0.15, -0.1) is 11.8 Å². The molecule has 0 bridgehead atoms. The third-order valence-electron chi connectivity index (χ3n) is 2.63. The van der Waals surface area contributed by atoms with Crippen molar-refractivity contribution >= 4 is 11.8 Å². The van der Waals surface area contributed by atoms with Crippen molar-refractivity contribution in [3.63, 3.8) is 0 Å². The smallest absolute Gasteiger partial charge is 0.0422 e. The van der Waals surface area contributed by atoms with Crippen LogP contribution in [0.1, 0.15) is 36.6 Å². The molecule has 0 aliphatic heterocycles. The Morgan fingerprint density at radius 3 is 2.33 bits per heavy atom. The van der Waals surface area contributed by atoms with Gasteiger partial charge in [-0.05, 0) is 18.9 Å². The van der Waals surface area contributed by atoms with Gasteiger partial charge in [0.25, 0.3) is 0 Å². The van der Waals surface area contributed by atoms with E-state index in [9.17, 15) is 0 Å². The molecule has 0 aliphatic rings. The van der Waals surface area contributed by atoms with E-state index in [-0.39, 0.29) is 0 Å². The van der Waals surface area contributed by atoms with Crippen LogP contribution in [0.15, 0.2) is 24.3 Å². The van der Waals surface area contributed by atoms with Crippen LogP contribution in [0.4, 0.5) is 0 Å². The molecule has 1 rings (SSSR count). The Morgan fingerprint density at radius 1 is 1.27 bits per heavy atom. The zero-order valence-corrected chi connectivity index (χ0v) is 10.7. The van der Waals surface area contributed by atoms with Gasteiger partial charge in [-0.25, -0.2) is 0 Å². The molecule has 0 saturated carbocycles. The van der Waals surface area contributed by atoms with Crippen molar-refractivity contribution in [2.45, 2.75) is 37.7 Å². The first kappa shape index (κ1) is 12.6. The Bertz CT molecular complexity index is 281. The molecule has 0 saturated heterocycles. The Hall–Kier alpha value is -0.470. The van der Waals surface area contributed by atoms with Crippen molar-refractivity contribution in [3.8, 4) is 0 Å². The molecule has 0 radical (unpaired) electrons. The molecular formula is C13H21NS. The number of nitrogens with two attached hydrogens (primary N) is 1. The molecule has 0 fully saturated rings. The molecule has 2 unspecified atom stereocenters. The summed E-state index contributed by atoms with van der Waals surface area (Å²) in [4.78, 5) is 0. The fourth-order valence-electron chi connectivity index (χ4n) is 1.43. The summed E-state index contributed by atoms with van der Waals surface area (Å²) in [7, 11) is 0. The summed E-state index contributed by atoms with van der Waals surface area (Å²) in [5, 5.41) is 1.13. The maximum absolute atomic E-state index is 5.83. The highest BCUT2D eigenvalue weighted by Gasteiger charge is 2.12. The second-order valence-electron chi connectivity index (χ2n) is 3.99. The van der Waals surface area contributed by atoms with Gasteiger partial charge in [0.15, 0.2) is 0 Å². The second kappa shape index (κ2) is 6.19. The van der Waals surface area contributed by atoms with E-state index in [0.29, 0.717) is 10.5 Å². The van der Waals surface area contributed by atoms with Crippen LogP contribution in [0.25, 0.3) is 0 Å². The molecule has 0 aromatic heterocycles. The summed E-state index contributed by atoms with van der Waals surface area (Å²) >= 11 is 1.98. The maximum atomic E-state index is 5.83. The maximum Gasteiger partial charge on any atom is 0.0422 e. The van der Waals surface area contributed by atoms with Gasteiger partial charge in [0, 0.05) is 17.0 Å². The zero-order chi connectivity index (χ0) is 11.3. The highest BCUT2D eigenvalue weighted by molar-refractivity contribution is 8.00. The van der Waals surface area contributed by atoms with E-state index in [4.69, 9.17) is 5.73 Å². The third kappa shape index (κ3) is 3.88. The Kier molecular flexibility index (Phi) is 5.20. The predicted molar refractivity (Wildman–Crippen MR) is 70.3 cm³/mol. The van der Waals surface area contributed by atoms with E-state index in [1.54, 1.807) is 0 Å². The Labute approximate surface area is 97.4 Å². The lowest BCUT2D eigenvalue weighted by molar-refractivity contribution is 0.874. The van der Waals surface area contributed by atoms with E-state index in [1.165, 1.54) is 17.5 Å². The van der Waals surface area contributed by atoms with Crippen molar-refractivity contribution < 1.29 is 0 Å². The van der Waals surface area contributed by atoms with Crippen LogP contribution in [-0.4, -0.2) is 11.8 Å². The van der Waals surface area contributed by atoms with Gasteiger partial charge >= 0.3 is 0 Å². The number of hydrogen-bond acceptors (Lipinski definition) is 2. The van der Waals surface area contributed by atoms with Crippen LogP contribution in [0.3, 0.4) is 0 Å². The number of thioether (sulfide) groups is 1. The van der Waals surface area contributed by atoms with E-state index in [2.05, 4.69) is 45.0 Å². The Balaban J connectivity index is 2.69. The quantitative estimate of drug-likeness (QED) is 0.826. The first-order valence-electron chi connectivity index (χ1n) is 5.59. The van der Waals surface area contributed by atoms with Gasteiger partial charge < -0.3 is 5.73 Å². The fourth-order valence-corrected chi connectivity index (χ4v) is 2.61. The van der Waals surface area contributed by atoms with Gasteiger partial charge in [-0.2, -0.15) is 0 Å². The fraction of sp³-hybridized carbons (Fsp3) is 0.538. The number of benzene rings is 1.